The Bertz CT molecular complexity index is 504. The van der Waals surface area contributed by atoms with Crippen molar-refractivity contribution < 1.29 is 0 Å². The van der Waals surface area contributed by atoms with E-state index in [4.69, 9.17) is 5.73 Å². The van der Waals surface area contributed by atoms with E-state index in [-0.39, 0.29) is 0 Å². The molecule has 0 amide bonds. The van der Waals surface area contributed by atoms with Gasteiger partial charge in [-0.15, -0.1) is 16.8 Å². The van der Waals surface area contributed by atoms with E-state index in [1.807, 2.05) is 27.6 Å². The number of hydrogen-bond acceptors (Lipinski definition) is 5. The second-order valence-corrected chi connectivity index (χ2v) is 5.04. The lowest BCUT2D eigenvalue weighted by molar-refractivity contribution is 0.605. The molecule has 0 fully saturated rings. The van der Waals surface area contributed by atoms with Gasteiger partial charge >= 0.3 is 0 Å². The summed E-state index contributed by atoms with van der Waals surface area (Å²) in [6.07, 6.45) is 6.63. The Morgan fingerprint density at radius 2 is 2.32 bits per heavy atom. The Labute approximate surface area is 116 Å². The molecular weight excluding hydrogens is 260 g/mol. The molecule has 0 saturated heterocycles. The number of hydrogen-bond donors (Lipinski definition) is 1. The van der Waals surface area contributed by atoms with Gasteiger partial charge in [0.25, 0.3) is 0 Å². The molecule has 0 aliphatic heterocycles. The van der Waals surface area contributed by atoms with Crippen LogP contribution in [0, 0.1) is 0 Å². The van der Waals surface area contributed by atoms with Crippen molar-refractivity contribution in [3.05, 3.63) is 36.9 Å². The van der Waals surface area contributed by atoms with E-state index in [2.05, 4.69) is 21.9 Å². The lowest BCUT2D eigenvalue weighted by Gasteiger charge is -2.06. The van der Waals surface area contributed by atoms with Crippen molar-refractivity contribution in [2.24, 2.45) is 5.73 Å². The Kier molecular flexibility index (Phi) is 5.17. The van der Waals surface area contributed by atoms with Gasteiger partial charge in [0.15, 0.2) is 5.16 Å². The van der Waals surface area contributed by atoms with Crippen molar-refractivity contribution in [2.45, 2.75) is 31.2 Å². The Balaban J connectivity index is 1.85. The molecule has 0 saturated carbocycles. The van der Waals surface area contributed by atoms with Gasteiger partial charge in [-0.25, -0.2) is 0 Å². The Morgan fingerprint density at radius 1 is 1.42 bits per heavy atom. The molecule has 0 aliphatic carbocycles. The van der Waals surface area contributed by atoms with Crippen molar-refractivity contribution in [3.8, 4) is 0 Å². The summed E-state index contributed by atoms with van der Waals surface area (Å²) in [4.78, 5) is 0. The van der Waals surface area contributed by atoms with Crippen molar-refractivity contribution in [1.29, 1.82) is 0 Å². The van der Waals surface area contributed by atoms with Gasteiger partial charge in [-0.1, -0.05) is 17.8 Å². The molecule has 0 radical (unpaired) electrons. The van der Waals surface area contributed by atoms with Crippen LogP contribution >= 0.6 is 11.8 Å². The minimum atomic E-state index is 0.398. The van der Waals surface area contributed by atoms with Crippen molar-refractivity contribution in [2.75, 3.05) is 5.75 Å². The molecular formula is C12H18N6S. The highest BCUT2D eigenvalue weighted by Crippen LogP contribution is 2.18. The normalized spacial score (nSPS) is 10.8. The summed E-state index contributed by atoms with van der Waals surface area (Å²) in [5, 5.41) is 13.3. The molecule has 0 bridgehead atoms. The zero-order valence-corrected chi connectivity index (χ0v) is 11.6. The largest absolute Gasteiger partial charge is 0.324 e. The highest BCUT2D eigenvalue weighted by molar-refractivity contribution is 7.99. The van der Waals surface area contributed by atoms with Crippen LogP contribution in [0.1, 0.15) is 12.2 Å². The molecule has 19 heavy (non-hydrogen) atoms. The lowest BCUT2D eigenvalue weighted by atomic mass is 10.5. The van der Waals surface area contributed by atoms with E-state index in [0.29, 0.717) is 13.1 Å². The fraction of sp³-hybridized carbons (Fsp3) is 0.417. The van der Waals surface area contributed by atoms with E-state index in [1.54, 1.807) is 18.0 Å². The average molecular weight is 278 g/mol. The molecule has 0 aromatic carbocycles. The molecule has 7 heteroatoms. The highest BCUT2D eigenvalue weighted by Gasteiger charge is 2.09. The average Bonchev–Trinajstić information content (AvgIpc) is 3.05. The SMILES string of the molecule is C=CCn1c(CN)nnc1SCCCn1cccn1. The minimum absolute atomic E-state index is 0.398. The van der Waals surface area contributed by atoms with Crippen molar-refractivity contribution in [3.63, 3.8) is 0 Å². The number of aryl methyl sites for hydroxylation is 1. The summed E-state index contributed by atoms with van der Waals surface area (Å²) in [5.74, 6) is 1.77. The predicted molar refractivity (Wildman–Crippen MR) is 75.7 cm³/mol. The summed E-state index contributed by atoms with van der Waals surface area (Å²) in [5.41, 5.74) is 5.63. The van der Waals surface area contributed by atoms with Gasteiger partial charge in [0.05, 0.1) is 6.54 Å². The fourth-order valence-electron chi connectivity index (χ4n) is 1.71. The van der Waals surface area contributed by atoms with Crippen LogP contribution in [0.2, 0.25) is 0 Å². The summed E-state index contributed by atoms with van der Waals surface area (Å²) >= 11 is 1.69. The number of nitrogens with zero attached hydrogens (tertiary/aromatic N) is 5. The summed E-state index contributed by atoms with van der Waals surface area (Å²) < 4.78 is 3.94. The molecule has 102 valence electrons. The van der Waals surface area contributed by atoms with Crippen LogP contribution in [-0.2, 0) is 19.6 Å². The monoisotopic (exact) mass is 278 g/mol. The number of allylic oxidation sites excluding steroid dienone is 1. The Morgan fingerprint density at radius 3 is 3.00 bits per heavy atom. The van der Waals surface area contributed by atoms with Gasteiger partial charge in [-0.3, -0.25) is 4.68 Å². The van der Waals surface area contributed by atoms with Crippen LogP contribution in [0.3, 0.4) is 0 Å². The zero-order valence-electron chi connectivity index (χ0n) is 10.8. The van der Waals surface area contributed by atoms with Gasteiger partial charge in [0.1, 0.15) is 5.82 Å². The first-order valence-electron chi connectivity index (χ1n) is 6.18. The van der Waals surface area contributed by atoms with Crippen LogP contribution < -0.4 is 5.73 Å². The summed E-state index contributed by atoms with van der Waals surface area (Å²) in [7, 11) is 0. The van der Waals surface area contributed by atoms with Crippen molar-refractivity contribution in [1.82, 2.24) is 24.5 Å². The lowest BCUT2D eigenvalue weighted by Crippen LogP contribution is -2.08. The van der Waals surface area contributed by atoms with Crippen LogP contribution in [0.25, 0.3) is 0 Å². The summed E-state index contributed by atoms with van der Waals surface area (Å²) in [6.45, 7) is 5.75. The van der Waals surface area contributed by atoms with E-state index in [0.717, 1.165) is 29.7 Å². The van der Waals surface area contributed by atoms with Gasteiger partial charge in [-0.05, 0) is 12.5 Å². The smallest absolute Gasteiger partial charge is 0.191 e. The van der Waals surface area contributed by atoms with Gasteiger partial charge < -0.3 is 10.3 Å². The third-order valence-corrected chi connectivity index (χ3v) is 3.66. The molecule has 2 aromatic rings. The van der Waals surface area contributed by atoms with E-state index >= 15 is 0 Å². The quantitative estimate of drug-likeness (QED) is 0.447. The third kappa shape index (κ3) is 3.68. The molecule has 0 aliphatic rings. The van der Waals surface area contributed by atoms with Gasteiger partial charge in [-0.2, -0.15) is 5.10 Å². The molecule has 2 N–H and O–H groups in total. The topological polar surface area (TPSA) is 74.6 Å². The second kappa shape index (κ2) is 7.10. The van der Waals surface area contributed by atoms with E-state index in [1.165, 1.54) is 0 Å². The molecule has 6 nitrogen and oxygen atoms in total. The van der Waals surface area contributed by atoms with Gasteiger partial charge in [0.2, 0.25) is 0 Å². The highest BCUT2D eigenvalue weighted by atomic mass is 32.2. The van der Waals surface area contributed by atoms with E-state index in [9.17, 15) is 0 Å². The first kappa shape index (κ1) is 13.8. The fourth-order valence-corrected chi connectivity index (χ4v) is 2.60. The maximum Gasteiger partial charge on any atom is 0.191 e. The van der Waals surface area contributed by atoms with Crippen LogP contribution in [-0.4, -0.2) is 30.3 Å². The number of thioether (sulfide) groups is 1. The first-order valence-corrected chi connectivity index (χ1v) is 7.17. The number of aromatic nitrogens is 5. The predicted octanol–water partition coefficient (Wildman–Crippen LogP) is 1.30. The molecule has 2 aromatic heterocycles. The first-order chi connectivity index (χ1) is 9.35. The zero-order chi connectivity index (χ0) is 13.5. The standard InChI is InChI=1S/C12H18N6S/c1-2-6-18-11(10-13)15-16-12(18)19-9-4-8-17-7-3-5-14-17/h2-3,5,7H,1,4,6,8-10,13H2. The number of nitrogens with two attached hydrogens (primary N) is 1. The second-order valence-electron chi connectivity index (χ2n) is 3.97. The summed E-state index contributed by atoms with van der Waals surface area (Å²) in [6, 6.07) is 1.93. The van der Waals surface area contributed by atoms with E-state index < -0.39 is 0 Å². The van der Waals surface area contributed by atoms with Crippen LogP contribution in [0.4, 0.5) is 0 Å². The Hall–Kier alpha value is -1.60. The number of rotatable bonds is 8. The maximum absolute atomic E-state index is 5.63. The van der Waals surface area contributed by atoms with Crippen molar-refractivity contribution >= 4 is 11.8 Å². The van der Waals surface area contributed by atoms with Crippen LogP contribution in [0.5, 0.6) is 0 Å². The molecule has 0 spiro atoms. The van der Waals surface area contributed by atoms with Crippen LogP contribution in [0.15, 0.2) is 36.3 Å². The molecule has 0 unspecified atom stereocenters. The minimum Gasteiger partial charge on any atom is -0.324 e. The molecule has 0 atom stereocenters. The van der Waals surface area contributed by atoms with Gasteiger partial charge in [0, 0.05) is 31.2 Å². The molecule has 2 rings (SSSR count). The molecule has 2 heterocycles. The third-order valence-electron chi connectivity index (χ3n) is 2.61. The maximum atomic E-state index is 5.63.